The predicted octanol–water partition coefficient (Wildman–Crippen LogP) is 3.06. The summed E-state index contributed by atoms with van der Waals surface area (Å²) in [7, 11) is 0. The Morgan fingerprint density at radius 3 is 1.29 bits per heavy atom. The minimum atomic E-state index is -1.72. The molecule has 2 heteroatoms. The molecule has 0 aromatic heterocycles. The van der Waals surface area contributed by atoms with Crippen LogP contribution in [0.25, 0.3) is 0 Å². The van der Waals surface area contributed by atoms with Gasteiger partial charge in [0.25, 0.3) is 0 Å². The molecular weight excluding hydrogens is 306 g/mol. The molecule has 17 heavy (non-hydrogen) atoms. The van der Waals surface area contributed by atoms with Crippen LogP contribution in [0.4, 0.5) is 0 Å². The molecule has 0 bridgehead atoms. The normalized spacial score (nSPS) is 11.3. The molecule has 0 heterocycles. The summed E-state index contributed by atoms with van der Waals surface area (Å²) < 4.78 is 6.52. The van der Waals surface area contributed by atoms with Crippen LogP contribution in [0.3, 0.4) is 0 Å². The largest absolute Gasteiger partial charge is 1.00 e. The van der Waals surface area contributed by atoms with Crippen molar-refractivity contribution in [2.45, 2.75) is 83.5 Å². The van der Waals surface area contributed by atoms with Crippen molar-refractivity contribution in [3.63, 3.8) is 0 Å². The van der Waals surface area contributed by atoms with Gasteiger partial charge in [0.2, 0.25) is 0 Å². The molecule has 0 aromatic carbocycles. The van der Waals surface area contributed by atoms with E-state index in [-0.39, 0.29) is 18.9 Å². The van der Waals surface area contributed by atoms with E-state index in [0.717, 1.165) is 0 Å². The maximum atomic E-state index is 4.15. The molecule has 0 rings (SSSR count). The van der Waals surface area contributed by atoms with Gasteiger partial charge in [0.05, 0.1) is 0 Å². The van der Waals surface area contributed by atoms with Crippen LogP contribution in [0.1, 0.15) is 65.7 Å². The summed E-state index contributed by atoms with van der Waals surface area (Å²) in [5.74, 6) is 0. The zero-order valence-electron chi connectivity index (χ0n) is 13.0. The first-order valence-electron chi connectivity index (χ1n) is 7.54. The molecule has 0 atom stereocenters. The van der Waals surface area contributed by atoms with Gasteiger partial charge in [-0.25, -0.2) is 0 Å². The van der Waals surface area contributed by atoms with E-state index in [2.05, 4.69) is 27.7 Å². The van der Waals surface area contributed by atoms with Crippen LogP contribution in [-0.4, -0.2) is 18.4 Å². The first kappa shape index (κ1) is 20.7. The van der Waals surface area contributed by atoms with Crippen molar-refractivity contribution in [1.82, 2.24) is 0 Å². The third-order valence-corrected chi connectivity index (χ3v) is 20.0. The molecule has 0 spiro atoms. The van der Waals surface area contributed by atoms with Crippen LogP contribution in [0.2, 0.25) is 17.7 Å². The molecule has 0 saturated heterocycles. The van der Waals surface area contributed by atoms with Crippen molar-refractivity contribution in [3.05, 3.63) is 6.92 Å². The Bertz CT molecular complexity index is 126. The second kappa shape index (κ2) is 13.8. The fourth-order valence-electron chi connectivity index (χ4n) is 2.78. The minimum Gasteiger partial charge on any atom is 1.00 e. The predicted molar refractivity (Wildman–Crippen MR) is 79.7 cm³/mol. The molecule has 0 unspecified atom stereocenters. The van der Waals surface area contributed by atoms with Crippen LogP contribution >= 0.6 is 0 Å². The molecule has 0 aliphatic rings. The van der Waals surface area contributed by atoms with Gasteiger partial charge in [0.1, 0.15) is 0 Å². The van der Waals surface area contributed by atoms with Gasteiger partial charge >= 0.3 is 128 Å². The van der Waals surface area contributed by atoms with Gasteiger partial charge in [0.15, 0.2) is 0 Å². The van der Waals surface area contributed by atoms with E-state index in [1.165, 1.54) is 44.9 Å². The standard InChI is InChI=1S/3C4H9.C3H6.Li.Sn/c3*1-3-4-2;1-3-2;;/h3*1,3-4H2,2H3;1-3H2;;/q;;;-1;+1;. The van der Waals surface area contributed by atoms with Gasteiger partial charge in [-0.2, -0.15) is 0 Å². The molecule has 0 amide bonds. The van der Waals surface area contributed by atoms with Gasteiger partial charge in [-0.1, -0.05) is 0 Å². The van der Waals surface area contributed by atoms with E-state index in [1.807, 2.05) is 0 Å². The Kier molecular flexibility index (Phi) is 16.8. The van der Waals surface area contributed by atoms with E-state index in [9.17, 15) is 0 Å². The first-order chi connectivity index (χ1) is 7.74. The first-order valence-corrected chi connectivity index (χ1v) is 15.6. The molecule has 0 aliphatic carbocycles. The summed E-state index contributed by atoms with van der Waals surface area (Å²) in [5, 5.41) is 0. The van der Waals surface area contributed by atoms with Gasteiger partial charge in [-0.15, -0.1) is 0 Å². The number of hydrogen-bond donors (Lipinski definition) is 0. The molecular formula is C15H33LiSn. The van der Waals surface area contributed by atoms with Crippen LogP contribution in [0, 0.1) is 6.92 Å². The summed E-state index contributed by atoms with van der Waals surface area (Å²) >= 11 is -1.72. The molecule has 0 aromatic rings. The van der Waals surface area contributed by atoms with E-state index in [4.69, 9.17) is 0 Å². The van der Waals surface area contributed by atoms with E-state index in [1.54, 1.807) is 17.7 Å². The number of unbranched alkanes of at least 4 members (excludes halogenated alkanes) is 3. The van der Waals surface area contributed by atoms with Crippen LogP contribution in [0.15, 0.2) is 0 Å². The average molecular weight is 339 g/mol. The van der Waals surface area contributed by atoms with Gasteiger partial charge in [-0.05, 0) is 0 Å². The Morgan fingerprint density at radius 1 is 0.706 bits per heavy atom. The summed E-state index contributed by atoms with van der Waals surface area (Å²) in [4.78, 5) is 0. The summed E-state index contributed by atoms with van der Waals surface area (Å²) in [6.45, 7) is 11.2. The summed E-state index contributed by atoms with van der Waals surface area (Å²) in [6, 6.07) is 0. The zero-order chi connectivity index (χ0) is 12.3. The van der Waals surface area contributed by atoms with Crippen molar-refractivity contribution >= 4 is 18.4 Å². The van der Waals surface area contributed by atoms with Crippen LogP contribution in [-0.2, 0) is 0 Å². The minimum absolute atomic E-state index is 0. The molecule has 0 saturated carbocycles. The maximum Gasteiger partial charge on any atom is 1.00 e. The second-order valence-corrected chi connectivity index (χ2v) is 19.7. The average Bonchev–Trinajstić information content (AvgIpc) is 2.31. The van der Waals surface area contributed by atoms with Crippen molar-refractivity contribution in [1.29, 1.82) is 0 Å². The molecule has 0 fully saturated rings. The summed E-state index contributed by atoms with van der Waals surface area (Å²) in [6.07, 6.45) is 9.92. The van der Waals surface area contributed by atoms with E-state index < -0.39 is 18.4 Å². The van der Waals surface area contributed by atoms with Crippen molar-refractivity contribution in [3.8, 4) is 0 Å². The second-order valence-electron chi connectivity index (χ2n) is 5.41. The van der Waals surface area contributed by atoms with E-state index in [0.29, 0.717) is 0 Å². The van der Waals surface area contributed by atoms with Crippen molar-refractivity contribution in [2.75, 3.05) is 0 Å². The quantitative estimate of drug-likeness (QED) is 0.401. The van der Waals surface area contributed by atoms with Gasteiger partial charge < -0.3 is 0 Å². The van der Waals surface area contributed by atoms with Crippen molar-refractivity contribution in [2.24, 2.45) is 0 Å². The third-order valence-electron chi connectivity index (χ3n) is 3.89. The molecule has 0 aliphatic heterocycles. The van der Waals surface area contributed by atoms with Crippen molar-refractivity contribution < 1.29 is 18.9 Å². The van der Waals surface area contributed by atoms with E-state index >= 15 is 0 Å². The Balaban J connectivity index is 0. The Hall–Kier alpha value is 1.40. The van der Waals surface area contributed by atoms with Gasteiger partial charge in [0, 0.05) is 0 Å². The molecule has 0 nitrogen and oxygen atoms in total. The topological polar surface area (TPSA) is 0 Å². The number of hydrogen-bond acceptors (Lipinski definition) is 0. The zero-order valence-corrected chi connectivity index (χ0v) is 15.8. The fraction of sp³-hybridized carbons (Fsp3) is 0.933. The molecule has 0 N–H and O–H groups in total. The summed E-state index contributed by atoms with van der Waals surface area (Å²) in [5.41, 5.74) is 0. The fourth-order valence-corrected chi connectivity index (χ4v) is 18.7. The Labute approximate surface area is 127 Å². The van der Waals surface area contributed by atoms with Crippen LogP contribution in [0.5, 0.6) is 0 Å². The third kappa shape index (κ3) is 9.91. The Morgan fingerprint density at radius 2 is 1.06 bits per heavy atom. The van der Waals surface area contributed by atoms with Gasteiger partial charge in [-0.3, -0.25) is 0 Å². The number of rotatable bonds is 11. The SMILES string of the molecule is [CH2-]C[CH2][Sn]([CH2]CCC)([CH2]CCC)[CH2]CCC.[Li+]. The van der Waals surface area contributed by atoms with Crippen LogP contribution < -0.4 is 18.9 Å². The molecule has 98 valence electrons. The smallest absolute Gasteiger partial charge is 1.00 e. The molecule has 0 radical (unpaired) electrons. The maximum absolute atomic E-state index is 4.15. The monoisotopic (exact) mass is 340 g/mol.